The molecule has 0 bridgehead atoms. The number of aromatic amines is 2. The number of amides is 3. The number of anilines is 2. The number of carbonyl (C=O) groups excluding carboxylic acids is 3. The number of H-pyrrole nitrogens is 2. The van der Waals surface area contributed by atoms with Gasteiger partial charge in [0.2, 0.25) is 17.8 Å². The number of rotatable bonds is 10. The van der Waals surface area contributed by atoms with Crippen LogP contribution in [0.15, 0.2) is 59.7 Å². The molecule has 2 aromatic carbocycles. The SMILES string of the molecule is CN(C)c1ncc(-c2cccc(C[C@@H](C(N)=O)N(C(=O)C3CCC(CNC(=O)OC(C)(C)C)CC3)c3ccc4[nH]c(=O)[nH]c4c3)c2)cn1. The van der Waals surface area contributed by atoms with E-state index in [9.17, 15) is 19.2 Å². The van der Waals surface area contributed by atoms with Crippen molar-refractivity contribution >= 4 is 40.6 Å². The highest BCUT2D eigenvalue weighted by Gasteiger charge is 2.36. The summed E-state index contributed by atoms with van der Waals surface area (Å²) in [5.41, 5.74) is 9.14. The molecule has 5 rings (SSSR count). The number of nitrogens with one attached hydrogen (secondary N) is 3. The first-order chi connectivity index (χ1) is 22.8. The minimum absolute atomic E-state index is 0.169. The Kier molecular flexibility index (Phi) is 10.2. The summed E-state index contributed by atoms with van der Waals surface area (Å²) >= 11 is 0. The number of hydrogen-bond donors (Lipinski definition) is 4. The minimum atomic E-state index is -1.00. The fourth-order valence-electron chi connectivity index (χ4n) is 6.10. The van der Waals surface area contributed by atoms with E-state index in [4.69, 9.17) is 10.5 Å². The van der Waals surface area contributed by atoms with Gasteiger partial charge in [-0.05, 0) is 81.7 Å². The number of primary amides is 1. The van der Waals surface area contributed by atoms with Gasteiger partial charge in [-0.15, -0.1) is 0 Å². The average molecular weight is 657 g/mol. The Balaban J connectivity index is 1.39. The van der Waals surface area contributed by atoms with Gasteiger partial charge < -0.3 is 30.7 Å². The third-order valence-electron chi connectivity index (χ3n) is 8.51. The lowest BCUT2D eigenvalue weighted by Crippen LogP contribution is -2.52. The molecule has 2 aromatic heterocycles. The molecule has 13 nitrogen and oxygen atoms in total. The topological polar surface area (TPSA) is 179 Å². The van der Waals surface area contributed by atoms with E-state index >= 15 is 0 Å². The highest BCUT2D eigenvalue weighted by atomic mass is 16.6. The van der Waals surface area contributed by atoms with Crippen LogP contribution < -0.4 is 26.5 Å². The van der Waals surface area contributed by atoms with E-state index in [1.807, 2.05) is 64.0 Å². The van der Waals surface area contributed by atoms with Crippen molar-refractivity contribution in [3.05, 3.63) is 70.9 Å². The second kappa shape index (κ2) is 14.3. The van der Waals surface area contributed by atoms with Crippen LogP contribution in [0.3, 0.4) is 0 Å². The van der Waals surface area contributed by atoms with Crippen molar-refractivity contribution in [3.8, 4) is 11.1 Å². The second-order valence-electron chi connectivity index (χ2n) is 13.6. The monoisotopic (exact) mass is 656 g/mol. The maximum Gasteiger partial charge on any atom is 0.407 e. The van der Waals surface area contributed by atoms with Crippen LogP contribution in [0.25, 0.3) is 22.2 Å². The third-order valence-corrected chi connectivity index (χ3v) is 8.51. The highest BCUT2D eigenvalue weighted by Crippen LogP contribution is 2.33. The van der Waals surface area contributed by atoms with E-state index in [2.05, 4.69) is 25.3 Å². The summed E-state index contributed by atoms with van der Waals surface area (Å²) in [6.07, 6.45) is 5.82. The Labute approximate surface area is 279 Å². The second-order valence-corrected chi connectivity index (χ2v) is 13.6. The molecule has 1 atom stereocenters. The van der Waals surface area contributed by atoms with E-state index in [0.717, 1.165) is 29.5 Å². The molecule has 5 N–H and O–H groups in total. The van der Waals surface area contributed by atoms with Crippen molar-refractivity contribution in [2.75, 3.05) is 30.4 Å². The van der Waals surface area contributed by atoms with E-state index < -0.39 is 23.6 Å². The van der Waals surface area contributed by atoms with Crippen LogP contribution in [0.1, 0.15) is 52.0 Å². The number of benzene rings is 2. The van der Waals surface area contributed by atoms with Crippen LogP contribution in [-0.2, 0) is 20.7 Å². The van der Waals surface area contributed by atoms with Crippen LogP contribution >= 0.6 is 0 Å². The van der Waals surface area contributed by atoms with Gasteiger partial charge >= 0.3 is 11.8 Å². The van der Waals surface area contributed by atoms with Crippen LogP contribution in [0.5, 0.6) is 0 Å². The Morgan fingerprint density at radius 3 is 2.31 bits per heavy atom. The first-order valence-electron chi connectivity index (χ1n) is 16.2. The molecule has 0 unspecified atom stereocenters. The van der Waals surface area contributed by atoms with Crippen molar-refractivity contribution < 1.29 is 19.1 Å². The van der Waals surface area contributed by atoms with Gasteiger partial charge in [0.1, 0.15) is 11.6 Å². The summed E-state index contributed by atoms with van der Waals surface area (Å²) in [7, 11) is 3.74. The molecule has 254 valence electrons. The molecule has 0 aliphatic heterocycles. The third kappa shape index (κ3) is 8.38. The molecule has 48 heavy (non-hydrogen) atoms. The zero-order valence-electron chi connectivity index (χ0n) is 28.1. The number of aromatic nitrogens is 4. The van der Waals surface area contributed by atoms with Gasteiger partial charge in [-0.2, -0.15) is 0 Å². The van der Waals surface area contributed by atoms with Gasteiger partial charge in [0, 0.05) is 56.6 Å². The number of ether oxygens (including phenoxy) is 1. The Morgan fingerprint density at radius 2 is 1.67 bits per heavy atom. The lowest BCUT2D eigenvalue weighted by atomic mass is 9.81. The number of nitrogens with two attached hydrogens (primary N) is 1. The summed E-state index contributed by atoms with van der Waals surface area (Å²) in [5.74, 6) is -0.429. The van der Waals surface area contributed by atoms with E-state index in [-0.39, 0.29) is 29.9 Å². The van der Waals surface area contributed by atoms with E-state index in [0.29, 0.717) is 42.1 Å². The molecule has 1 aliphatic rings. The lowest BCUT2D eigenvalue weighted by molar-refractivity contribution is -0.127. The average Bonchev–Trinajstić information content (AvgIpc) is 3.42. The van der Waals surface area contributed by atoms with Gasteiger partial charge in [0.25, 0.3) is 0 Å². The first-order valence-corrected chi connectivity index (χ1v) is 16.2. The summed E-state index contributed by atoms with van der Waals surface area (Å²) in [4.78, 5) is 69.4. The highest BCUT2D eigenvalue weighted by molar-refractivity contribution is 6.02. The van der Waals surface area contributed by atoms with Crippen LogP contribution in [0.2, 0.25) is 0 Å². The number of hydrogen-bond acceptors (Lipinski definition) is 8. The number of nitrogens with zero attached hydrogens (tertiary/aromatic N) is 4. The molecule has 2 heterocycles. The molecule has 0 spiro atoms. The van der Waals surface area contributed by atoms with Crippen molar-refractivity contribution in [2.24, 2.45) is 17.6 Å². The Morgan fingerprint density at radius 1 is 0.979 bits per heavy atom. The van der Waals surface area contributed by atoms with Crippen LogP contribution in [0.4, 0.5) is 16.4 Å². The molecule has 0 radical (unpaired) electrons. The van der Waals surface area contributed by atoms with Crippen LogP contribution in [-0.4, -0.2) is 70.1 Å². The molecular weight excluding hydrogens is 612 g/mol. The largest absolute Gasteiger partial charge is 0.444 e. The van der Waals surface area contributed by atoms with Gasteiger partial charge in [0.15, 0.2) is 0 Å². The molecule has 1 fully saturated rings. The predicted octanol–water partition coefficient (Wildman–Crippen LogP) is 4.14. The molecule has 1 aliphatic carbocycles. The zero-order valence-corrected chi connectivity index (χ0v) is 28.1. The van der Waals surface area contributed by atoms with E-state index in [1.165, 1.54) is 4.90 Å². The minimum Gasteiger partial charge on any atom is -0.444 e. The fourth-order valence-corrected chi connectivity index (χ4v) is 6.10. The summed E-state index contributed by atoms with van der Waals surface area (Å²) in [6.45, 7) is 5.90. The standard InChI is InChI=1S/C35H44N8O5/c1-35(2,3)48-34(47)39-18-21-9-11-23(12-10-21)31(45)43(26-13-14-27-28(17-26)41-33(46)40-27)29(30(36)44)16-22-7-6-8-24(15-22)25-19-37-32(38-20-25)42(4)5/h6-8,13-15,17,19-21,23,29H,9-12,16,18H2,1-5H3,(H2,36,44)(H,39,47)(H2,40,41,46)/t21?,23?,29-/m0/s1. The predicted molar refractivity (Wildman–Crippen MR) is 185 cm³/mol. The van der Waals surface area contributed by atoms with Crippen molar-refractivity contribution in [1.29, 1.82) is 0 Å². The summed E-state index contributed by atoms with van der Waals surface area (Å²) in [5, 5.41) is 2.85. The zero-order chi connectivity index (χ0) is 34.6. The number of alkyl carbamates (subject to hydrolysis) is 1. The number of carbonyl (C=O) groups is 3. The maximum absolute atomic E-state index is 14.4. The number of imidazole rings is 1. The van der Waals surface area contributed by atoms with E-state index in [1.54, 1.807) is 30.6 Å². The molecule has 1 saturated carbocycles. The van der Waals surface area contributed by atoms with Gasteiger partial charge in [-0.1, -0.05) is 24.3 Å². The fraction of sp³-hybridized carbons (Fsp3) is 0.429. The van der Waals surface area contributed by atoms with Gasteiger partial charge in [-0.25, -0.2) is 19.6 Å². The molecule has 3 amide bonds. The summed E-state index contributed by atoms with van der Waals surface area (Å²) < 4.78 is 5.36. The van der Waals surface area contributed by atoms with Crippen molar-refractivity contribution in [2.45, 2.75) is 64.5 Å². The van der Waals surface area contributed by atoms with Gasteiger partial charge in [-0.3, -0.25) is 14.5 Å². The molecule has 0 saturated heterocycles. The normalized spacial score (nSPS) is 17.0. The first kappa shape index (κ1) is 34.1. The maximum atomic E-state index is 14.4. The quantitative estimate of drug-likeness (QED) is 0.197. The lowest BCUT2D eigenvalue weighted by Gasteiger charge is -2.36. The summed E-state index contributed by atoms with van der Waals surface area (Å²) in [6, 6.07) is 11.8. The number of fused-ring (bicyclic) bond motifs is 1. The smallest absolute Gasteiger partial charge is 0.407 e. The Hall–Kier alpha value is -5.20. The molecule has 13 heteroatoms. The molecule has 4 aromatic rings. The van der Waals surface area contributed by atoms with Crippen LogP contribution in [0, 0.1) is 11.8 Å². The van der Waals surface area contributed by atoms with Gasteiger partial charge in [0.05, 0.1) is 11.0 Å². The Bertz CT molecular complexity index is 1820. The van der Waals surface area contributed by atoms with Crippen molar-refractivity contribution in [3.63, 3.8) is 0 Å². The van der Waals surface area contributed by atoms with Crippen molar-refractivity contribution in [1.82, 2.24) is 25.3 Å². The molecular formula is C35H44N8O5.